The summed E-state index contributed by atoms with van der Waals surface area (Å²) in [5, 5.41) is 0. The lowest BCUT2D eigenvalue weighted by Gasteiger charge is -2.56. The van der Waals surface area contributed by atoms with Crippen molar-refractivity contribution in [2.75, 3.05) is 43.0 Å². The average molecular weight is 493 g/mol. The lowest BCUT2D eigenvalue weighted by atomic mass is 9.58. The van der Waals surface area contributed by atoms with Crippen LogP contribution in [0.5, 0.6) is 0 Å². The summed E-state index contributed by atoms with van der Waals surface area (Å²) >= 11 is 0. The molecule has 1 saturated heterocycles. The highest BCUT2D eigenvalue weighted by Crippen LogP contribution is 2.58. The Hall–Kier alpha value is -3.51. The van der Waals surface area contributed by atoms with Crippen molar-refractivity contribution >= 4 is 11.9 Å². The molecule has 6 nitrogen and oxygen atoms in total. The number of rotatable bonds is 8. The standard InChI is InChI=1S/C31H36N6/c1-4-18-36(19-5-2)29-32-22-33-30(34-29)37-20-15-23(16-21-37)35(3)31-17-14-24(25-10-6-8-12-27(25)31)26-11-7-9-13-28(26)31/h4-13,22-24H,1-2,14-21H2,3H3. The summed E-state index contributed by atoms with van der Waals surface area (Å²) < 4.78 is 0. The lowest BCUT2D eigenvalue weighted by Crippen LogP contribution is -2.57. The molecule has 0 radical (unpaired) electrons. The quantitative estimate of drug-likeness (QED) is 0.406. The highest BCUT2D eigenvalue weighted by atomic mass is 15.3. The van der Waals surface area contributed by atoms with Crippen molar-refractivity contribution in [2.45, 2.75) is 43.2 Å². The largest absolute Gasteiger partial charge is 0.341 e. The fraction of sp³-hybridized carbons (Fsp3) is 0.387. The molecule has 6 heteroatoms. The monoisotopic (exact) mass is 492 g/mol. The Morgan fingerprint density at radius 1 is 0.919 bits per heavy atom. The normalized spacial score (nSPS) is 22.4. The molecule has 1 aliphatic heterocycles. The van der Waals surface area contributed by atoms with Crippen LogP contribution in [-0.4, -0.2) is 59.1 Å². The predicted octanol–water partition coefficient (Wildman–Crippen LogP) is 5.13. The molecular formula is C31H36N6. The van der Waals surface area contributed by atoms with Gasteiger partial charge in [-0.1, -0.05) is 60.7 Å². The van der Waals surface area contributed by atoms with Gasteiger partial charge in [-0.2, -0.15) is 4.98 Å². The molecule has 0 unspecified atom stereocenters. The van der Waals surface area contributed by atoms with E-state index < -0.39 is 0 Å². The second kappa shape index (κ2) is 9.75. The van der Waals surface area contributed by atoms with Gasteiger partial charge in [0, 0.05) is 38.1 Å². The van der Waals surface area contributed by atoms with E-state index in [0.717, 1.165) is 31.9 Å². The van der Waals surface area contributed by atoms with E-state index in [4.69, 9.17) is 4.98 Å². The van der Waals surface area contributed by atoms with Gasteiger partial charge in [0.15, 0.2) is 0 Å². The van der Waals surface area contributed by atoms with Crippen molar-refractivity contribution in [3.05, 3.63) is 102 Å². The summed E-state index contributed by atoms with van der Waals surface area (Å²) in [6.45, 7) is 10.9. The van der Waals surface area contributed by atoms with E-state index >= 15 is 0 Å². The maximum absolute atomic E-state index is 4.81. The number of aromatic nitrogens is 3. The molecule has 0 N–H and O–H groups in total. The summed E-state index contributed by atoms with van der Waals surface area (Å²) in [5.41, 5.74) is 6.03. The molecule has 7 rings (SSSR count). The third-order valence-corrected chi connectivity index (χ3v) is 8.78. The highest BCUT2D eigenvalue weighted by Gasteiger charge is 2.51. The van der Waals surface area contributed by atoms with Crippen molar-refractivity contribution in [3.63, 3.8) is 0 Å². The molecule has 2 aromatic carbocycles. The summed E-state index contributed by atoms with van der Waals surface area (Å²) in [6.07, 6.45) is 9.92. The number of hydrogen-bond acceptors (Lipinski definition) is 6. The minimum Gasteiger partial charge on any atom is -0.341 e. The number of benzene rings is 2. The Bertz CT molecular complexity index is 1240. The molecule has 37 heavy (non-hydrogen) atoms. The van der Waals surface area contributed by atoms with Gasteiger partial charge in [-0.15, -0.1) is 13.2 Å². The van der Waals surface area contributed by atoms with E-state index in [2.05, 4.69) is 93.4 Å². The zero-order valence-electron chi connectivity index (χ0n) is 21.8. The minimum absolute atomic E-state index is 0.0506. The van der Waals surface area contributed by atoms with Crippen LogP contribution in [0.1, 0.15) is 53.9 Å². The minimum atomic E-state index is -0.0506. The first-order valence-corrected chi connectivity index (χ1v) is 13.5. The topological polar surface area (TPSA) is 48.4 Å². The number of hydrogen-bond donors (Lipinski definition) is 0. The summed E-state index contributed by atoms with van der Waals surface area (Å²) in [4.78, 5) is 20.8. The molecule has 2 bridgehead atoms. The zero-order chi connectivity index (χ0) is 25.4. The van der Waals surface area contributed by atoms with Crippen LogP contribution in [0.4, 0.5) is 11.9 Å². The van der Waals surface area contributed by atoms with Gasteiger partial charge in [0.1, 0.15) is 6.33 Å². The van der Waals surface area contributed by atoms with Crippen LogP contribution in [0.2, 0.25) is 0 Å². The summed E-state index contributed by atoms with van der Waals surface area (Å²) in [7, 11) is 2.36. The molecule has 0 amide bonds. The third kappa shape index (κ3) is 3.86. The summed E-state index contributed by atoms with van der Waals surface area (Å²) in [5.74, 6) is 1.97. The van der Waals surface area contributed by atoms with Crippen molar-refractivity contribution in [1.29, 1.82) is 0 Å². The maximum Gasteiger partial charge on any atom is 0.230 e. The zero-order valence-corrected chi connectivity index (χ0v) is 21.8. The van der Waals surface area contributed by atoms with E-state index in [0.29, 0.717) is 31.0 Å². The molecule has 3 aliphatic carbocycles. The highest BCUT2D eigenvalue weighted by molar-refractivity contribution is 5.58. The first kappa shape index (κ1) is 23.9. The van der Waals surface area contributed by atoms with Crippen LogP contribution >= 0.6 is 0 Å². The molecule has 1 fully saturated rings. The predicted molar refractivity (Wildman–Crippen MR) is 150 cm³/mol. The first-order chi connectivity index (χ1) is 18.2. The second-order valence-corrected chi connectivity index (χ2v) is 10.5. The molecule has 0 atom stereocenters. The van der Waals surface area contributed by atoms with Crippen molar-refractivity contribution in [3.8, 4) is 0 Å². The number of fused-ring (bicyclic) bond motifs is 1. The van der Waals surface area contributed by atoms with Crippen LogP contribution < -0.4 is 9.80 Å². The maximum atomic E-state index is 4.81. The van der Waals surface area contributed by atoms with Crippen molar-refractivity contribution in [1.82, 2.24) is 19.9 Å². The van der Waals surface area contributed by atoms with E-state index in [1.54, 1.807) is 6.33 Å². The van der Waals surface area contributed by atoms with Gasteiger partial charge in [0.2, 0.25) is 11.9 Å². The summed E-state index contributed by atoms with van der Waals surface area (Å²) in [6, 6.07) is 18.8. The second-order valence-electron chi connectivity index (χ2n) is 10.5. The third-order valence-electron chi connectivity index (χ3n) is 8.78. The van der Waals surface area contributed by atoms with E-state index in [1.807, 2.05) is 12.2 Å². The Morgan fingerprint density at radius 2 is 1.54 bits per heavy atom. The smallest absolute Gasteiger partial charge is 0.230 e. The van der Waals surface area contributed by atoms with Crippen LogP contribution in [0.15, 0.2) is 80.2 Å². The van der Waals surface area contributed by atoms with Gasteiger partial charge in [0.25, 0.3) is 0 Å². The first-order valence-electron chi connectivity index (χ1n) is 13.5. The Labute approximate surface area is 220 Å². The molecule has 3 aromatic rings. The van der Waals surface area contributed by atoms with Gasteiger partial charge in [0.05, 0.1) is 5.54 Å². The van der Waals surface area contributed by atoms with Crippen LogP contribution in [-0.2, 0) is 5.54 Å². The Morgan fingerprint density at radius 3 is 2.16 bits per heavy atom. The van der Waals surface area contributed by atoms with Gasteiger partial charge in [-0.25, -0.2) is 9.97 Å². The molecule has 1 aromatic heterocycles. The Kier molecular flexibility index (Phi) is 6.29. The fourth-order valence-electron chi connectivity index (χ4n) is 7.06. The van der Waals surface area contributed by atoms with E-state index in [-0.39, 0.29) is 5.54 Å². The Balaban J connectivity index is 1.24. The van der Waals surface area contributed by atoms with E-state index in [1.165, 1.54) is 35.1 Å². The SMILES string of the molecule is C=CCN(CC=C)c1ncnc(N2CCC(N(C)C34CCC(c5ccccc53)c3ccccc34)CC2)n1. The van der Waals surface area contributed by atoms with Crippen LogP contribution in [0.25, 0.3) is 0 Å². The molecule has 190 valence electrons. The van der Waals surface area contributed by atoms with Gasteiger partial charge >= 0.3 is 0 Å². The molecular weight excluding hydrogens is 456 g/mol. The molecule has 0 saturated carbocycles. The van der Waals surface area contributed by atoms with Crippen LogP contribution in [0.3, 0.4) is 0 Å². The van der Waals surface area contributed by atoms with Gasteiger partial charge < -0.3 is 9.80 Å². The lowest BCUT2D eigenvalue weighted by molar-refractivity contribution is 0.0615. The average Bonchev–Trinajstić information content (AvgIpc) is 2.97. The molecule has 0 spiro atoms. The molecule has 4 aliphatic rings. The van der Waals surface area contributed by atoms with Crippen molar-refractivity contribution in [2.24, 2.45) is 0 Å². The molecule has 2 heterocycles. The van der Waals surface area contributed by atoms with Gasteiger partial charge in [-0.05, 0) is 55.0 Å². The number of anilines is 2. The van der Waals surface area contributed by atoms with E-state index in [9.17, 15) is 0 Å². The number of piperidine rings is 1. The van der Waals surface area contributed by atoms with Crippen molar-refractivity contribution < 1.29 is 0 Å². The number of nitrogens with zero attached hydrogens (tertiary/aromatic N) is 6. The fourth-order valence-corrected chi connectivity index (χ4v) is 7.06. The van der Waals surface area contributed by atoms with Gasteiger partial charge in [-0.3, -0.25) is 4.90 Å². The van der Waals surface area contributed by atoms with Crippen LogP contribution in [0, 0.1) is 0 Å².